The maximum atomic E-state index is 12.8. The Morgan fingerprint density at radius 2 is 1.75 bits per heavy atom. The molecule has 1 aliphatic heterocycles. The molecule has 5 nitrogen and oxygen atoms in total. The van der Waals surface area contributed by atoms with Crippen LogP contribution in [0.3, 0.4) is 0 Å². The molecular weight excluding hydrogens is 274 g/mol. The van der Waals surface area contributed by atoms with Crippen molar-refractivity contribution in [2.45, 2.75) is 40.5 Å². The molecule has 1 aliphatic rings. The van der Waals surface area contributed by atoms with Crippen molar-refractivity contribution in [3.63, 3.8) is 0 Å². The molecule has 1 heterocycles. The van der Waals surface area contributed by atoms with Crippen molar-refractivity contribution in [2.24, 2.45) is 23.5 Å². The Morgan fingerprint density at radius 1 is 1.20 bits per heavy atom. The highest BCUT2D eigenvalue weighted by molar-refractivity contribution is 7.86. The summed E-state index contributed by atoms with van der Waals surface area (Å²) in [7, 11) is -3.35. The SMILES string of the molecule is CC(C)CN(CC(C)C)S(=O)(=O)N1CCCC(CN)C1. The minimum Gasteiger partial charge on any atom is -0.330 e. The molecule has 0 radical (unpaired) electrons. The highest BCUT2D eigenvalue weighted by atomic mass is 32.2. The molecule has 1 atom stereocenters. The summed E-state index contributed by atoms with van der Waals surface area (Å²) >= 11 is 0. The molecule has 0 aromatic rings. The van der Waals surface area contributed by atoms with Crippen LogP contribution in [0, 0.1) is 17.8 Å². The van der Waals surface area contributed by atoms with Gasteiger partial charge < -0.3 is 5.73 Å². The summed E-state index contributed by atoms with van der Waals surface area (Å²) in [5.74, 6) is 0.968. The molecule has 1 unspecified atom stereocenters. The van der Waals surface area contributed by atoms with Crippen molar-refractivity contribution < 1.29 is 8.42 Å². The van der Waals surface area contributed by atoms with Gasteiger partial charge in [-0.1, -0.05) is 27.7 Å². The predicted molar refractivity (Wildman–Crippen MR) is 83.5 cm³/mol. The van der Waals surface area contributed by atoms with E-state index in [-0.39, 0.29) is 0 Å². The monoisotopic (exact) mass is 305 g/mol. The molecule has 0 aromatic carbocycles. The Labute approximate surface area is 124 Å². The Kier molecular flexibility index (Phi) is 6.91. The fourth-order valence-corrected chi connectivity index (χ4v) is 4.73. The summed E-state index contributed by atoms with van der Waals surface area (Å²) in [5, 5.41) is 0. The van der Waals surface area contributed by atoms with Gasteiger partial charge in [0.2, 0.25) is 0 Å². The second-order valence-corrected chi connectivity index (χ2v) is 8.64. The van der Waals surface area contributed by atoms with E-state index in [0.29, 0.717) is 50.5 Å². The number of piperidine rings is 1. The van der Waals surface area contributed by atoms with Crippen molar-refractivity contribution in [3.05, 3.63) is 0 Å². The zero-order chi connectivity index (χ0) is 15.3. The molecule has 0 aliphatic carbocycles. The standard InChI is InChI=1S/C14H31N3O2S/c1-12(2)9-17(10-13(3)4)20(18,19)16-7-5-6-14(8-15)11-16/h12-14H,5-11,15H2,1-4H3. The molecule has 1 saturated heterocycles. The van der Waals surface area contributed by atoms with Crippen molar-refractivity contribution in [2.75, 3.05) is 32.7 Å². The summed E-state index contributed by atoms with van der Waals surface area (Å²) in [6, 6.07) is 0. The Bertz CT molecular complexity index is 372. The van der Waals surface area contributed by atoms with Crippen molar-refractivity contribution in [1.29, 1.82) is 0 Å². The number of hydrogen-bond donors (Lipinski definition) is 1. The van der Waals surface area contributed by atoms with Crippen LogP contribution in [-0.2, 0) is 10.2 Å². The molecule has 0 aromatic heterocycles. The van der Waals surface area contributed by atoms with Gasteiger partial charge in [0.25, 0.3) is 10.2 Å². The Balaban J connectivity index is 2.85. The lowest BCUT2D eigenvalue weighted by Crippen LogP contribution is -2.50. The summed E-state index contributed by atoms with van der Waals surface area (Å²) in [4.78, 5) is 0. The van der Waals surface area contributed by atoms with Crippen LogP contribution in [0.15, 0.2) is 0 Å². The van der Waals surface area contributed by atoms with Crippen LogP contribution >= 0.6 is 0 Å². The Hall–Kier alpha value is -0.170. The molecule has 0 amide bonds. The van der Waals surface area contributed by atoms with E-state index in [2.05, 4.69) is 27.7 Å². The van der Waals surface area contributed by atoms with Crippen LogP contribution in [0.5, 0.6) is 0 Å². The third kappa shape index (κ3) is 4.98. The van der Waals surface area contributed by atoms with Crippen molar-refractivity contribution in [3.8, 4) is 0 Å². The number of nitrogens with two attached hydrogens (primary N) is 1. The minimum absolute atomic E-state index is 0.304. The first-order chi connectivity index (χ1) is 9.27. The van der Waals surface area contributed by atoms with E-state index in [1.165, 1.54) is 0 Å². The third-order valence-corrected chi connectivity index (χ3v) is 5.54. The second kappa shape index (κ2) is 7.73. The maximum absolute atomic E-state index is 12.8. The van der Waals surface area contributed by atoms with Gasteiger partial charge in [-0.05, 0) is 37.1 Å². The summed E-state index contributed by atoms with van der Waals surface area (Å²) in [5.41, 5.74) is 5.71. The smallest absolute Gasteiger partial charge is 0.282 e. The fourth-order valence-electron chi connectivity index (χ4n) is 2.67. The van der Waals surface area contributed by atoms with E-state index in [1.807, 2.05) is 0 Å². The average Bonchev–Trinajstić information content (AvgIpc) is 2.37. The van der Waals surface area contributed by atoms with Crippen molar-refractivity contribution in [1.82, 2.24) is 8.61 Å². The summed E-state index contributed by atoms with van der Waals surface area (Å²) in [6.07, 6.45) is 1.95. The number of rotatable bonds is 7. The van der Waals surface area contributed by atoms with Gasteiger partial charge in [-0.25, -0.2) is 0 Å². The lowest BCUT2D eigenvalue weighted by atomic mass is 10.0. The normalized spacial score (nSPS) is 22.1. The Morgan fingerprint density at radius 3 is 2.20 bits per heavy atom. The van der Waals surface area contributed by atoms with Gasteiger partial charge in [-0.15, -0.1) is 0 Å². The second-order valence-electron chi connectivity index (χ2n) is 6.71. The molecular formula is C14H31N3O2S. The van der Waals surface area contributed by atoms with Gasteiger partial charge in [-0.3, -0.25) is 0 Å². The lowest BCUT2D eigenvalue weighted by molar-refractivity contribution is 0.239. The van der Waals surface area contributed by atoms with E-state index >= 15 is 0 Å². The number of nitrogens with zero attached hydrogens (tertiary/aromatic N) is 2. The molecule has 20 heavy (non-hydrogen) atoms. The summed E-state index contributed by atoms with van der Waals surface area (Å²) < 4.78 is 29.0. The highest BCUT2D eigenvalue weighted by Gasteiger charge is 2.33. The van der Waals surface area contributed by atoms with Crippen LogP contribution in [0.4, 0.5) is 0 Å². The fraction of sp³-hybridized carbons (Fsp3) is 1.00. The average molecular weight is 305 g/mol. The first-order valence-corrected chi connectivity index (χ1v) is 9.12. The van der Waals surface area contributed by atoms with E-state index in [9.17, 15) is 8.42 Å². The van der Waals surface area contributed by atoms with Crippen molar-refractivity contribution >= 4 is 10.2 Å². The first-order valence-electron chi connectivity index (χ1n) is 7.72. The lowest BCUT2D eigenvalue weighted by Gasteiger charge is -2.36. The van der Waals surface area contributed by atoms with Gasteiger partial charge in [0.05, 0.1) is 0 Å². The predicted octanol–water partition coefficient (Wildman–Crippen LogP) is 1.52. The molecule has 2 N–H and O–H groups in total. The van der Waals surface area contributed by atoms with E-state index in [1.54, 1.807) is 8.61 Å². The zero-order valence-corrected chi connectivity index (χ0v) is 14.2. The summed E-state index contributed by atoms with van der Waals surface area (Å²) in [6.45, 7) is 11.2. The quantitative estimate of drug-likeness (QED) is 0.775. The van der Waals surface area contributed by atoms with Crippen LogP contribution in [0.25, 0.3) is 0 Å². The molecule has 6 heteroatoms. The molecule has 0 bridgehead atoms. The van der Waals surface area contributed by atoms with E-state index < -0.39 is 10.2 Å². The minimum atomic E-state index is -3.35. The molecule has 1 rings (SSSR count). The van der Waals surface area contributed by atoms with Gasteiger partial charge in [0.1, 0.15) is 0 Å². The van der Waals surface area contributed by atoms with Gasteiger partial charge >= 0.3 is 0 Å². The van der Waals surface area contributed by atoms with E-state index in [0.717, 1.165) is 12.8 Å². The topological polar surface area (TPSA) is 66.6 Å². The molecule has 0 saturated carbocycles. The van der Waals surface area contributed by atoms with E-state index in [4.69, 9.17) is 5.73 Å². The van der Waals surface area contributed by atoms with Crippen LogP contribution in [0.2, 0.25) is 0 Å². The molecule has 120 valence electrons. The van der Waals surface area contributed by atoms with Gasteiger partial charge in [0, 0.05) is 26.2 Å². The van der Waals surface area contributed by atoms with Crippen LogP contribution in [0.1, 0.15) is 40.5 Å². The largest absolute Gasteiger partial charge is 0.330 e. The van der Waals surface area contributed by atoms with Gasteiger partial charge in [0.15, 0.2) is 0 Å². The zero-order valence-electron chi connectivity index (χ0n) is 13.4. The van der Waals surface area contributed by atoms with Crippen LogP contribution < -0.4 is 5.73 Å². The maximum Gasteiger partial charge on any atom is 0.282 e. The first kappa shape index (κ1) is 17.9. The third-order valence-electron chi connectivity index (χ3n) is 3.61. The van der Waals surface area contributed by atoms with Gasteiger partial charge in [-0.2, -0.15) is 17.0 Å². The molecule has 0 spiro atoms. The molecule has 1 fully saturated rings. The highest BCUT2D eigenvalue weighted by Crippen LogP contribution is 2.21. The number of hydrogen-bond acceptors (Lipinski definition) is 3. The van der Waals surface area contributed by atoms with Crippen LogP contribution in [-0.4, -0.2) is 49.8 Å².